The van der Waals surface area contributed by atoms with Crippen molar-refractivity contribution in [3.63, 3.8) is 0 Å². The molecule has 3 aromatic rings. The van der Waals surface area contributed by atoms with Crippen molar-refractivity contribution in [2.75, 3.05) is 39.4 Å². The Morgan fingerprint density at radius 2 is 1.69 bits per heavy atom. The zero-order valence-corrected chi connectivity index (χ0v) is 20.4. The highest BCUT2D eigenvalue weighted by molar-refractivity contribution is 5.97. The highest BCUT2D eigenvalue weighted by atomic mass is 16.5. The highest BCUT2D eigenvalue weighted by Crippen LogP contribution is 2.37. The van der Waals surface area contributed by atoms with Crippen LogP contribution in [0.2, 0.25) is 0 Å². The Hall–Kier alpha value is -3.52. The third-order valence-electron chi connectivity index (χ3n) is 7.52. The van der Waals surface area contributed by atoms with E-state index >= 15 is 0 Å². The maximum Gasteiger partial charge on any atom is 0.274 e. The normalized spacial score (nSPS) is 18.8. The number of aromatic nitrogens is 2. The second kappa shape index (κ2) is 10.6. The number of aliphatic hydroxyl groups is 1. The van der Waals surface area contributed by atoms with Crippen LogP contribution in [-0.2, 0) is 0 Å². The Kier molecular flexibility index (Phi) is 7.13. The van der Waals surface area contributed by atoms with E-state index in [-0.39, 0.29) is 30.4 Å². The molecule has 3 aliphatic heterocycles. The highest BCUT2D eigenvalue weighted by Gasteiger charge is 2.36. The molecular weight excluding hydrogens is 456 g/mol. The van der Waals surface area contributed by atoms with Crippen LogP contribution in [-0.4, -0.2) is 76.1 Å². The number of benzene rings is 2. The van der Waals surface area contributed by atoms with E-state index < -0.39 is 0 Å². The van der Waals surface area contributed by atoms with E-state index in [1.54, 1.807) is 17.0 Å². The van der Waals surface area contributed by atoms with E-state index in [2.05, 4.69) is 9.97 Å². The average Bonchev–Trinajstić information content (AvgIpc) is 2.94. The van der Waals surface area contributed by atoms with Crippen LogP contribution in [0.15, 0.2) is 54.7 Å². The molecule has 1 N–H and O–H groups in total. The minimum atomic E-state index is -0.186. The number of nitrogens with zero attached hydrogens (tertiary/aromatic N) is 4. The number of carbonyl (C=O) groups excluding carboxylic acids is 2. The number of ether oxygens (including phenoxy) is 1. The van der Waals surface area contributed by atoms with Gasteiger partial charge >= 0.3 is 0 Å². The van der Waals surface area contributed by atoms with Gasteiger partial charge in [0.15, 0.2) is 0 Å². The molecule has 1 saturated heterocycles. The van der Waals surface area contributed by atoms with Crippen molar-refractivity contribution in [3.8, 4) is 5.75 Å². The largest absolute Gasteiger partial charge is 0.491 e. The lowest BCUT2D eigenvalue weighted by molar-refractivity contribution is 0.0297. The molecule has 0 unspecified atom stereocenters. The molecule has 3 aliphatic rings. The second-order valence-corrected chi connectivity index (χ2v) is 9.79. The van der Waals surface area contributed by atoms with Crippen LogP contribution in [0.3, 0.4) is 0 Å². The first-order valence-corrected chi connectivity index (χ1v) is 12.7. The summed E-state index contributed by atoms with van der Waals surface area (Å²) in [4.78, 5) is 39.3. The minimum Gasteiger partial charge on any atom is -0.491 e. The van der Waals surface area contributed by atoms with Crippen LogP contribution in [0.25, 0.3) is 11.0 Å². The van der Waals surface area contributed by atoms with Gasteiger partial charge in [0.2, 0.25) is 0 Å². The van der Waals surface area contributed by atoms with E-state index in [0.717, 1.165) is 37.6 Å². The van der Waals surface area contributed by atoms with Crippen LogP contribution in [0.1, 0.15) is 53.0 Å². The molecule has 0 aliphatic carbocycles. The summed E-state index contributed by atoms with van der Waals surface area (Å²) in [7, 11) is 0. The molecule has 1 aromatic heterocycles. The van der Waals surface area contributed by atoms with Crippen molar-refractivity contribution in [2.45, 2.75) is 32.1 Å². The Balaban J connectivity index is 1.39. The quantitative estimate of drug-likeness (QED) is 0.593. The first-order chi connectivity index (χ1) is 17.6. The summed E-state index contributed by atoms with van der Waals surface area (Å²) >= 11 is 0. The number of carbonyl (C=O) groups is 2. The van der Waals surface area contributed by atoms with Crippen LogP contribution in [0.5, 0.6) is 5.75 Å². The van der Waals surface area contributed by atoms with Crippen LogP contribution in [0, 0.1) is 5.41 Å². The van der Waals surface area contributed by atoms with Crippen molar-refractivity contribution < 1.29 is 19.4 Å². The monoisotopic (exact) mass is 488 g/mol. The predicted molar refractivity (Wildman–Crippen MR) is 136 cm³/mol. The van der Waals surface area contributed by atoms with E-state index in [4.69, 9.17) is 4.74 Å². The zero-order valence-electron chi connectivity index (χ0n) is 20.4. The van der Waals surface area contributed by atoms with Gasteiger partial charge in [-0.25, -0.2) is 4.98 Å². The standard InChI is InChI=1S/C28H32N4O4/c33-20-28-11-5-6-14-31(27(35)24-19-29-22-8-2-3-9-23(22)30-24)17-18-36-25-10-4-1-7-21(25)26(34)32(15-12-28)16-13-28/h1-4,7-10,19,33H,5-6,11-18,20H2. The molecule has 0 saturated carbocycles. The summed E-state index contributed by atoms with van der Waals surface area (Å²) in [5, 5.41) is 10.2. The molecule has 188 valence electrons. The summed E-state index contributed by atoms with van der Waals surface area (Å²) in [6.07, 6.45) is 5.65. The van der Waals surface area contributed by atoms with Crippen molar-refractivity contribution in [1.29, 1.82) is 0 Å². The molecule has 6 rings (SSSR count). The molecule has 1 fully saturated rings. The van der Waals surface area contributed by atoms with Gasteiger partial charge < -0.3 is 19.6 Å². The van der Waals surface area contributed by atoms with E-state index in [1.165, 1.54) is 6.20 Å². The fraction of sp³-hybridized carbons (Fsp3) is 0.429. The molecule has 0 spiro atoms. The van der Waals surface area contributed by atoms with Gasteiger partial charge in [0, 0.05) is 26.2 Å². The topological polar surface area (TPSA) is 95.9 Å². The summed E-state index contributed by atoms with van der Waals surface area (Å²) in [5.74, 6) is 0.287. The summed E-state index contributed by atoms with van der Waals surface area (Å²) in [5.41, 5.74) is 2.09. The lowest BCUT2D eigenvalue weighted by Gasteiger charge is -2.41. The summed E-state index contributed by atoms with van der Waals surface area (Å²) < 4.78 is 6.05. The van der Waals surface area contributed by atoms with Gasteiger partial charge in [0.25, 0.3) is 11.8 Å². The maximum atomic E-state index is 13.4. The van der Waals surface area contributed by atoms with Crippen molar-refractivity contribution >= 4 is 22.8 Å². The molecule has 8 heteroatoms. The van der Waals surface area contributed by atoms with Gasteiger partial charge in [-0.3, -0.25) is 14.6 Å². The first-order valence-electron chi connectivity index (χ1n) is 12.7. The third-order valence-corrected chi connectivity index (χ3v) is 7.52. The third kappa shape index (κ3) is 5.04. The smallest absolute Gasteiger partial charge is 0.274 e. The van der Waals surface area contributed by atoms with E-state index in [1.807, 2.05) is 41.3 Å². The zero-order chi connectivity index (χ0) is 25.0. The Morgan fingerprint density at radius 1 is 0.944 bits per heavy atom. The Morgan fingerprint density at radius 3 is 2.50 bits per heavy atom. The fourth-order valence-electron chi connectivity index (χ4n) is 5.22. The predicted octanol–water partition coefficient (Wildman–Crippen LogP) is 3.55. The molecule has 0 atom stereocenters. The van der Waals surface area contributed by atoms with Crippen LogP contribution in [0.4, 0.5) is 0 Å². The number of piperidine rings is 1. The van der Waals surface area contributed by atoms with Gasteiger partial charge in [-0.15, -0.1) is 0 Å². The van der Waals surface area contributed by atoms with Gasteiger partial charge in [-0.05, 0) is 55.4 Å². The number of fused-ring (bicyclic) bond motifs is 10. The number of aliphatic hydroxyl groups excluding tert-OH is 1. The van der Waals surface area contributed by atoms with Gasteiger partial charge in [0.05, 0.1) is 29.3 Å². The molecular formula is C28H32N4O4. The molecule has 8 nitrogen and oxygen atoms in total. The number of amides is 2. The Labute approximate surface area is 210 Å². The maximum absolute atomic E-state index is 13.4. The molecule has 2 bridgehead atoms. The Bertz CT molecular complexity index is 1240. The molecule has 36 heavy (non-hydrogen) atoms. The van der Waals surface area contributed by atoms with Crippen molar-refractivity contribution in [2.24, 2.45) is 5.41 Å². The molecule has 4 heterocycles. The molecule has 2 aromatic carbocycles. The van der Waals surface area contributed by atoms with E-state index in [9.17, 15) is 14.7 Å². The van der Waals surface area contributed by atoms with Gasteiger partial charge in [-0.2, -0.15) is 0 Å². The van der Waals surface area contributed by atoms with Crippen molar-refractivity contribution in [1.82, 2.24) is 19.8 Å². The number of rotatable bonds is 2. The lowest BCUT2D eigenvalue weighted by atomic mass is 9.75. The average molecular weight is 489 g/mol. The SMILES string of the molecule is O=C(c1cnc2ccccc2n1)N1CCCCC2(CO)CCN(CC2)C(=O)c2ccccc2OCC1. The van der Waals surface area contributed by atoms with Crippen molar-refractivity contribution in [3.05, 3.63) is 66.0 Å². The number of para-hydroxylation sites is 3. The summed E-state index contributed by atoms with van der Waals surface area (Å²) in [6.45, 7) is 2.55. The van der Waals surface area contributed by atoms with Crippen LogP contribution < -0.4 is 4.74 Å². The minimum absolute atomic E-state index is 0.0496. The van der Waals surface area contributed by atoms with E-state index in [0.29, 0.717) is 48.7 Å². The van der Waals surface area contributed by atoms with Gasteiger partial charge in [0.1, 0.15) is 18.1 Å². The van der Waals surface area contributed by atoms with Gasteiger partial charge in [-0.1, -0.05) is 30.7 Å². The van der Waals surface area contributed by atoms with Crippen LogP contribution >= 0.6 is 0 Å². The lowest BCUT2D eigenvalue weighted by Crippen LogP contribution is -2.44. The second-order valence-electron chi connectivity index (χ2n) is 9.79. The fourth-order valence-corrected chi connectivity index (χ4v) is 5.22. The molecule has 2 amide bonds. The summed E-state index contributed by atoms with van der Waals surface area (Å²) in [6, 6.07) is 14.8. The number of hydrogen-bond donors (Lipinski definition) is 1. The molecule has 0 radical (unpaired) electrons. The number of hydrogen-bond acceptors (Lipinski definition) is 6. The first kappa shape index (κ1) is 24.2.